The fourth-order valence-corrected chi connectivity index (χ4v) is 4.06. The van der Waals surface area contributed by atoms with Gasteiger partial charge in [0.05, 0.1) is 18.6 Å². The van der Waals surface area contributed by atoms with E-state index in [4.69, 9.17) is 4.42 Å². The summed E-state index contributed by atoms with van der Waals surface area (Å²) in [6, 6.07) is 11.2. The fraction of sp³-hybridized carbons (Fsp3) is 0.450. The predicted octanol–water partition coefficient (Wildman–Crippen LogP) is 3.02. The number of nitrogens with one attached hydrogen (secondary N) is 3. The Kier molecular flexibility index (Phi) is 11.3. The van der Waals surface area contributed by atoms with Crippen LogP contribution in [0.2, 0.25) is 0 Å². The minimum atomic E-state index is -3.31. The molecule has 0 atom stereocenters. The normalized spacial score (nSPS) is 11.9. The summed E-state index contributed by atoms with van der Waals surface area (Å²) >= 11 is 0. The molecule has 0 amide bonds. The minimum Gasteiger partial charge on any atom is -0.469 e. The molecule has 0 bridgehead atoms. The van der Waals surface area contributed by atoms with E-state index in [0.717, 1.165) is 42.4 Å². The number of nitrogens with zero attached hydrogens (tertiary/aromatic N) is 1. The van der Waals surface area contributed by atoms with Gasteiger partial charge in [-0.25, -0.2) is 18.1 Å². The molecular formula is C20H31IN4O3S. The summed E-state index contributed by atoms with van der Waals surface area (Å²) in [5.41, 5.74) is 1.77. The molecule has 1 heterocycles. The Hall–Kier alpha value is -1.59. The van der Waals surface area contributed by atoms with Crippen LogP contribution < -0.4 is 15.4 Å². The van der Waals surface area contributed by atoms with Gasteiger partial charge in [0.15, 0.2) is 5.96 Å². The lowest BCUT2D eigenvalue weighted by atomic mass is 10.1. The molecule has 0 saturated heterocycles. The maximum atomic E-state index is 12.0. The van der Waals surface area contributed by atoms with Crippen molar-refractivity contribution < 1.29 is 12.8 Å². The van der Waals surface area contributed by atoms with Gasteiger partial charge < -0.3 is 15.1 Å². The van der Waals surface area contributed by atoms with Crippen molar-refractivity contribution in [1.82, 2.24) is 15.4 Å². The van der Waals surface area contributed by atoms with E-state index >= 15 is 0 Å². The maximum Gasteiger partial charge on any atom is 0.216 e. The largest absolute Gasteiger partial charge is 0.469 e. The van der Waals surface area contributed by atoms with Gasteiger partial charge in [-0.3, -0.25) is 0 Å². The number of benzene rings is 1. The average Bonchev–Trinajstić information content (AvgIpc) is 3.13. The Bertz CT molecular complexity index is 835. The Morgan fingerprint density at radius 3 is 2.38 bits per heavy atom. The second kappa shape index (κ2) is 12.9. The number of aliphatic imine (C=N–C) groups is 1. The first-order valence-corrected chi connectivity index (χ1v) is 11.2. The first kappa shape index (κ1) is 25.4. The van der Waals surface area contributed by atoms with Crippen LogP contribution in [0.5, 0.6) is 0 Å². The van der Waals surface area contributed by atoms with Gasteiger partial charge >= 0.3 is 0 Å². The molecule has 0 unspecified atom stereocenters. The van der Waals surface area contributed by atoms with Crippen molar-refractivity contribution >= 4 is 40.0 Å². The zero-order valence-electron chi connectivity index (χ0n) is 17.1. The summed E-state index contributed by atoms with van der Waals surface area (Å²) in [6.07, 6.45) is 2.45. The molecular weight excluding hydrogens is 503 g/mol. The average molecular weight is 534 g/mol. The van der Waals surface area contributed by atoms with Crippen molar-refractivity contribution in [2.24, 2.45) is 4.99 Å². The van der Waals surface area contributed by atoms with E-state index in [1.54, 1.807) is 6.26 Å². The molecule has 3 N–H and O–H groups in total. The first-order chi connectivity index (χ1) is 13.4. The van der Waals surface area contributed by atoms with Gasteiger partial charge in [-0.15, -0.1) is 24.0 Å². The van der Waals surface area contributed by atoms with Crippen molar-refractivity contribution in [2.75, 3.05) is 13.1 Å². The highest BCUT2D eigenvalue weighted by molar-refractivity contribution is 14.0. The van der Waals surface area contributed by atoms with E-state index in [2.05, 4.69) is 20.3 Å². The molecule has 29 heavy (non-hydrogen) atoms. The molecule has 0 spiro atoms. The molecule has 0 aliphatic heterocycles. The van der Waals surface area contributed by atoms with Crippen LogP contribution in [0.4, 0.5) is 0 Å². The Balaban J connectivity index is 0.00000420. The molecule has 0 radical (unpaired) electrons. The number of halogens is 1. The number of furan rings is 1. The zero-order valence-corrected chi connectivity index (χ0v) is 20.3. The van der Waals surface area contributed by atoms with Crippen molar-refractivity contribution in [3.8, 4) is 0 Å². The van der Waals surface area contributed by atoms with E-state index in [1.807, 2.05) is 57.2 Å². The topological polar surface area (TPSA) is 95.7 Å². The van der Waals surface area contributed by atoms with Crippen molar-refractivity contribution in [3.63, 3.8) is 0 Å². The van der Waals surface area contributed by atoms with Gasteiger partial charge in [-0.05, 0) is 44.0 Å². The Labute approximate surface area is 190 Å². The molecule has 0 aliphatic rings. The molecule has 2 aromatic rings. The summed E-state index contributed by atoms with van der Waals surface area (Å²) in [7, 11) is -3.31. The quantitative estimate of drug-likeness (QED) is 0.248. The summed E-state index contributed by atoms with van der Waals surface area (Å²) < 4.78 is 31.9. The van der Waals surface area contributed by atoms with Crippen LogP contribution in [-0.2, 0) is 28.7 Å². The van der Waals surface area contributed by atoms with Gasteiger partial charge in [0.2, 0.25) is 10.0 Å². The van der Waals surface area contributed by atoms with Crippen molar-refractivity contribution in [1.29, 1.82) is 0 Å². The highest BCUT2D eigenvalue weighted by Crippen LogP contribution is 2.09. The monoisotopic (exact) mass is 534 g/mol. The van der Waals surface area contributed by atoms with Crippen LogP contribution in [0.1, 0.15) is 37.7 Å². The smallest absolute Gasteiger partial charge is 0.216 e. The number of sulfonamides is 1. The van der Waals surface area contributed by atoms with E-state index in [9.17, 15) is 8.42 Å². The Morgan fingerprint density at radius 1 is 1.10 bits per heavy atom. The van der Waals surface area contributed by atoms with E-state index in [-0.39, 0.29) is 35.8 Å². The van der Waals surface area contributed by atoms with Crippen molar-refractivity contribution in [2.45, 2.75) is 45.5 Å². The highest BCUT2D eigenvalue weighted by Gasteiger charge is 2.12. The molecule has 0 fully saturated rings. The fourth-order valence-electron chi connectivity index (χ4n) is 2.63. The van der Waals surface area contributed by atoms with Gasteiger partial charge in [0, 0.05) is 25.6 Å². The van der Waals surface area contributed by atoms with E-state index < -0.39 is 10.0 Å². The molecule has 7 nitrogen and oxygen atoms in total. The highest BCUT2D eigenvalue weighted by atomic mass is 127. The van der Waals surface area contributed by atoms with Crippen LogP contribution in [0, 0.1) is 0 Å². The molecule has 1 aromatic carbocycles. The molecule has 2 rings (SSSR count). The van der Waals surface area contributed by atoms with E-state index in [0.29, 0.717) is 6.54 Å². The minimum absolute atomic E-state index is 0. The number of guanidine groups is 1. The molecule has 0 saturated carbocycles. The summed E-state index contributed by atoms with van der Waals surface area (Å²) in [6.45, 7) is 7.63. The Morgan fingerprint density at radius 2 is 1.79 bits per heavy atom. The summed E-state index contributed by atoms with van der Waals surface area (Å²) in [5, 5.41) is 6.50. The van der Waals surface area contributed by atoms with Crippen LogP contribution in [-0.4, -0.2) is 33.5 Å². The first-order valence-electron chi connectivity index (χ1n) is 9.50. The summed E-state index contributed by atoms with van der Waals surface area (Å²) in [4.78, 5) is 4.58. The van der Waals surface area contributed by atoms with Crippen LogP contribution in [0.15, 0.2) is 52.1 Å². The maximum absolute atomic E-state index is 12.0. The lowest BCUT2D eigenvalue weighted by molar-refractivity contribution is 0.507. The zero-order chi connectivity index (χ0) is 20.4. The lowest BCUT2D eigenvalue weighted by Gasteiger charge is -2.11. The number of hydrogen-bond acceptors (Lipinski definition) is 4. The lowest BCUT2D eigenvalue weighted by Crippen LogP contribution is -2.38. The van der Waals surface area contributed by atoms with Gasteiger partial charge in [0.1, 0.15) is 5.76 Å². The third-order valence-corrected chi connectivity index (χ3v) is 5.35. The van der Waals surface area contributed by atoms with Crippen LogP contribution >= 0.6 is 24.0 Å². The SMILES string of the molecule is CCNC(=NCc1ccc(CS(=O)(=O)NC(C)C)cc1)NCCc1ccco1.I. The summed E-state index contributed by atoms with van der Waals surface area (Å²) in [5.74, 6) is 1.65. The number of hydrogen-bond donors (Lipinski definition) is 3. The molecule has 162 valence electrons. The van der Waals surface area contributed by atoms with Gasteiger partial charge in [-0.2, -0.15) is 0 Å². The number of rotatable bonds is 10. The second-order valence-corrected chi connectivity index (χ2v) is 8.55. The molecule has 0 aliphatic carbocycles. The second-order valence-electron chi connectivity index (χ2n) is 6.80. The van der Waals surface area contributed by atoms with E-state index in [1.165, 1.54) is 0 Å². The van der Waals surface area contributed by atoms with Crippen molar-refractivity contribution in [3.05, 3.63) is 59.5 Å². The van der Waals surface area contributed by atoms with Gasteiger partial charge in [0.25, 0.3) is 0 Å². The molecule has 1 aromatic heterocycles. The van der Waals surface area contributed by atoms with Crippen LogP contribution in [0.3, 0.4) is 0 Å². The third kappa shape index (κ3) is 10.1. The van der Waals surface area contributed by atoms with Gasteiger partial charge in [-0.1, -0.05) is 24.3 Å². The van der Waals surface area contributed by atoms with Crippen LogP contribution in [0.25, 0.3) is 0 Å². The molecule has 9 heteroatoms. The standard InChI is InChI=1S/C20H30N4O3S.HI/c1-4-21-20(22-12-11-19-6-5-13-27-19)23-14-17-7-9-18(10-8-17)15-28(25,26)24-16(2)3;/h5-10,13,16,24H,4,11-12,14-15H2,1-3H3,(H2,21,22,23);1H. The third-order valence-electron chi connectivity index (χ3n) is 3.80. The predicted molar refractivity (Wildman–Crippen MR) is 128 cm³/mol.